The zero-order valence-electron chi connectivity index (χ0n) is 13.0. The Kier molecular flexibility index (Phi) is 5.26. The van der Waals surface area contributed by atoms with Crippen molar-refractivity contribution < 1.29 is 9.90 Å². The molecule has 1 unspecified atom stereocenters. The maximum absolute atomic E-state index is 12.3. The molecule has 1 aromatic carbocycles. The van der Waals surface area contributed by atoms with Gasteiger partial charge < -0.3 is 10.0 Å². The third kappa shape index (κ3) is 4.09. The number of rotatable bonds is 4. The normalized spacial score (nSPS) is 18.5. The SMILES string of the molecule is O=C(/C=C/c1ccc(-c2ccccc2)s1)N1CCCC(CO)C1. The van der Waals surface area contributed by atoms with Crippen molar-refractivity contribution in [2.75, 3.05) is 19.7 Å². The molecule has 2 aromatic rings. The van der Waals surface area contributed by atoms with Crippen molar-refractivity contribution in [2.45, 2.75) is 12.8 Å². The minimum Gasteiger partial charge on any atom is -0.396 e. The molecule has 1 N–H and O–H groups in total. The number of likely N-dealkylation sites (tertiary alicyclic amines) is 1. The lowest BCUT2D eigenvalue weighted by molar-refractivity contribution is -0.127. The number of carbonyl (C=O) groups is 1. The highest BCUT2D eigenvalue weighted by molar-refractivity contribution is 7.16. The molecule has 1 atom stereocenters. The Morgan fingerprint density at radius 3 is 2.87 bits per heavy atom. The summed E-state index contributed by atoms with van der Waals surface area (Å²) in [6, 6.07) is 14.4. The minimum absolute atomic E-state index is 0.0396. The third-order valence-electron chi connectivity index (χ3n) is 4.16. The summed E-state index contributed by atoms with van der Waals surface area (Å²) in [7, 11) is 0. The lowest BCUT2D eigenvalue weighted by atomic mass is 9.99. The molecule has 0 aliphatic carbocycles. The number of benzene rings is 1. The van der Waals surface area contributed by atoms with E-state index in [-0.39, 0.29) is 18.4 Å². The first kappa shape index (κ1) is 16.0. The van der Waals surface area contributed by atoms with Crippen molar-refractivity contribution in [3.8, 4) is 10.4 Å². The molecule has 0 bridgehead atoms. The van der Waals surface area contributed by atoms with Crippen LogP contribution in [0.4, 0.5) is 0 Å². The van der Waals surface area contributed by atoms with Crippen LogP contribution in [0.5, 0.6) is 0 Å². The Balaban J connectivity index is 1.64. The van der Waals surface area contributed by atoms with Gasteiger partial charge in [-0.15, -0.1) is 11.3 Å². The molecule has 0 radical (unpaired) electrons. The van der Waals surface area contributed by atoms with Crippen molar-refractivity contribution in [2.24, 2.45) is 5.92 Å². The van der Waals surface area contributed by atoms with Gasteiger partial charge in [0.2, 0.25) is 5.91 Å². The first-order valence-electron chi connectivity index (χ1n) is 7.99. The standard InChI is InChI=1S/C19H21NO2S/c21-14-15-5-4-12-20(13-15)19(22)11-9-17-8-10-18(23-17)16-6-2-1-3-7-16/h1-3,6-11,15,21H,4-5,12-14H2/b11-9+. The van der Waals surface area contributed by atoms with E-state index >= 15 is 0 Å². The average Bonchev–Trinajstić information content (AvgIpc) is 3.09. The van der Waals surface area contributed by atoms with Crippen molar-refractivity contribution in [1.82, 2.24) is 4.90 Å². The highest BCUT2D eigenvalue weighted by Crippen LogP contribution is 2.28. The van der Waals surface area contributed by atoms with E-state index in [9.17, 15) is 9.90 Å². The predicted molar refractivity (Wildman–Crippen MR) is 95.2 cm³/mol. The molecule has 4 heteroatoms. The fourth-order valence-corrected chi connectivity index (χ4v) is 3.79. The topological polar surface area (TPSA) is 40.5 Å². The van der Waals surface area contributed by atoms with Crippen LogP contribution in [0.15, 0.2) is 48.5 Å². The van der Waals surface area contributed by atoms with Crippen LogP contribution in [0.2, 0.25) is 0 Å². The second-order valence-corrected chi connectivity index (χ2v) is 6.99. The number of piperidine rings is 1. The number of hydrogen-bond acceptors (Lipinski definition) is 3. The summed E-state index contributed by atoms with van der Waals surface area (Å²) in [6.45, 7) is 1.62. The van der Waals surface area contributed by atoms with Crippen LogP contribution in [-0.4, -0.2) is 35.6 Å². The molecule has 2 heterocycles. The van der Waals surface area contributed by atoms with Crippen LogP contribution in [0.25, 0.3) is 16.5 Å². The summed E-state index contributed by atoms with van der Waals surface area (Å²) >= 11 is 1.68. The van der Waals surface area contributed by atoms with E-state index in [1.54, 1.807) is 17.4 Å². The second kappa shape index (κ2) is 7.57. The van der Waals surface area contributed by atoms with Crippen molar-refractivity contribution >= 4 is 23.3 Å². The molecule has 1 amide bonds. The van der Waals surface area contributed by atoms with E-state index in [1.165, 1.54) is 10.4 Å². The van der Waals surface area contributed by atoms with Crippen LogP contribution in [0, 0.1) is 5.92 Å². The Hall–Kier alpha value is -1.91. The molecule has 1 saturated heterocycles. The minimum atomic E-state index is 0.0396. The fourth-order valence-electron chi connectivity index (χ4n) is 2.87. The van der Waals surface area contributed by atoms with Crippen LogP contribution >= 0.6 is 11.3 Å². The lowest BCUT2D eigenvalue weighted by Gasteiger charge is -2.31. The summed E-state index contributed by atoms with van der Waals surface area (Å²) in [6.07, 6.45) is 5.53. The molecular weight excluding hydrogens is 306 g/mol. The molecule has 0 spiro atoms. The number of thiophene rings is 1. The van der Waals surface area contributed by atoms with Gasteiger partial charge in [0.1, 0.15) is 0 Å². The van der Waals surface area contributed by atoms with Crippen LogP contribution in [0.1, 0.15) is 17.7 Å². The average molecular weight is 327 g/mol. The molecule has 0 saturated carbocycles. The van der Waals surface area contributed by atoms with Crippen molar-refractivity contribution in [1.29, 1.82) is 0 Å². The molecular formula is C19H21NO2S. The van der Waals surface area contributed by atoms with E-state index in [4.69, 9.17) is 0 Å². The molecule has 3 nitrogen and oxygen atoms in total. The van der Waals surface area contributed by atoms with Gasteiger partial charge in [0.25, 0.3) is 0 Å². The lowest BCUT2D eigenvalue weighted by Crippen LogP contribution is -2.40. The van der Waals surface area contributed by atoms with Crippen LogP contribution in [-0.2, 0) is 4.79 Å². The number of amides is 1. The van der Waals surface area contributed by atoms with Gasteiger partial charge in [0, 0.05) is 35.5 Å². The number of aliphatic hydroxyl groups excluding tert-OH is 1. The van der Waals surface area contributed by atoms with E-state index in [1.807, 2.05) is 35.2 Å². The Morgan fingerprint density at radius 2 is 2.09 bits per heavy atom. The molecule has 120 valence electrons. The zero-order valence-corrected chi connectivity index (χ0v) is 13.8. The summed E-state index contributed by atoms with van der Waals surface area (Å²) < 4.78 is 0. The molecule has 23 heavy (non-hydrogen) atoms. The third-order valence-corrected chi connectivity index (χ3v) is 5.26. The quantitative estimate of drug-likeness (QED) is 0.871. The molecule has 1 aliphatic rings. The number of nitrogens with zero attached hydrogens (tertiary/aromatic N) is 1. The largest absolute Gasteiger partial charge is 0.396 e. The van der Waals surface area contributed by atoms with Crippen LogP contribution < -0.4 is 0 Å². The maximum Gasteiger partial charge on any atom is 0.246 e. The summed E-state index contributed by atoms with van der Waals surface area (Å²) in [5.41, 5.74) is 1.20. The summed E-state index contributed by atoms with van der Waals surface area (Å²) in [4.78, 5) is 16.4. The van der Waals surface area contributed by atoms with E-state index < -0.39 is 0 Å². The smallest absolute Gasteiger partial charge is 0.246 e. The first-order valence-corrected chi connectivity index (χ1v) is 8.81. The Bertz CT molecular complexity index is 678. The number of hydrogen-bond donors (Lipinski definition) is 1. The molecule has 1 aromatic heterocycles. The van der Waals surface area contributed by atoms with Gasteiger partial charge >= 0.3 is 0 Å². The van der Waals surface area contributed by atoms with E-state index in [2.05, 4.69) is 18.2 Å². The van der Waals surface area contributed by atoms with E-state index in [0.29, 0.717) is 6.54 Å². The van der Waals surface area contributed by atoms with Gasteiger partial charge in [-0.25, -0.2) is 0 Å². The maximum atomic E-state index is 12.3. The van der Waals surface area contributed by atoms with Gasteiger partial charge in [-0.05, 0) is 42.5 Å². The number of aliphatic hydroxyl groups is 1. The molecule has 3 rings (SSSR count). The van der Waals surface area contributed by atoms with Gasteiger partial charge in [-0.2, -0.15) is 0 Å². The monoisotopic (exact) mass is 327 g/mol. The highest BCUT2D eigenvalue weighted by atomic mass is 32.1. The number of carbonyl (C=O) groups excluding carboxylic acids is 1. The summed E-state index contributed by atoms with van der Waals surface area (Å²) in [5.74, 6) is 0.269. The first-order chi connectivity index (χ1) is 11.3. The Morgan fingerprint density at radius 1 is 1.26 bits per heavy atom. The van der Waals surface area contributed by atoms with Gasteiger partial charge in [-0.3, -0.25) is 4.79 Å². The summed E-state index contributed by atoms with van der Waals surface area (Å²) in [5, 5.41) is 9.26. The van der Waals surface area contributed by atoms with Gasteiger partial charge in [0.15, 0.2) is 0 Å². The van der Waals surface area contributed by atoms with Crippen molar-refractivity contribution in [3.63, 3.8) is 0 Å². The second-order valence-electron chi connectivity index (χ2n) is 5.88. The molecule has 1 aliphatic heterocycles. The van der Waals surface area contributed by atoms with E-state index in [0.717, 1.165) is 24.3 Å². The predicted octanol–water partition coefficient (Wildman–Crippen LogP) is 3.66. The Labute approximate surface area is 140 Å². The van der Waals surface area contributed by atoms with Gasteiger partial charge in [0.05, 0.1) is 0 Å². The highest BCUT2D eigenvalue weighted by Gasteiger charge is 2.21. The van der Waals surface area contributed by atoms with Gasteiger partial charge in [-0.1, -0.05) is 30.3 Å². The molecule has 1 fully saturated rings. The van der Waals surface area contributed by atoms with Crippen LogP contribution in [0.3, 0.4) is 0 Å². The fraction of sp³-hybridized carbons (Fsp3) is 0.316. The van der Waals surface area contributed by atoms with Crippen molar-refractivity contribution in [3.05, 3.63) is 53.4 Å². The zero-order chi connectivity index (χ0) is 16.1.